The number of rotatable bonds is 6. The number of likely N-dealkylation sites (tertiary alicyclic amines) is 1. The number of ether oxygens (including phenoxy) is 2. The first-order valence-corrected chi connectivity index (χ1v) is 8.51. The first-order chi connectivity index (χ1) is 11.8. The molecule has 0 saturated carbocycles. The third kappa shape index (κ3) is 3.34. The monoisotopic (exact) mass is 325 g/mol. The lowest BCUT2D eigenvalue weighted by molar-refractivity contribution is 0.0182. The number of hydrogen-bond donors (Lipinski definition) is 0. The lowest BCUT2D eigenvalue weighted by atomic mass is 9.82. The molecule has 4 heterocycles. The fraction of sp³-hybridized carbons (Fsp3) is 0.474. The molecule has 2 aliphatic rings. The molecular weight excluding hydrogens is 302 g/mol. The lowest BCUT2D eigenvalue weighted by Crippen LogP contribution is -2.35. The molecule has 2 aromatic heterocycles. The van der Waals surface area contributed by atoms with Gasteiger partial charge in [0.25, 0.3) is 0 Å². The highest BCUT2D eigenvalue weighted by Gasteiger charge is 2.50. The maximum Gasteiger partial charge on any atom is 0.0718 e. The minimum Gasteiger partial charge on any atom is -0.380 e. The van der Waals surface area contributed by atoms with E-state index in [2.05, 4.69) is 27.0 Å². The molecule has 4 rings (SSSR count). The number of pyridine rings is 2. The highest BCUT2D eigenvalue weighted by molar-refractivity contribution is 5.09. The molecule has 0 unspecified atom stereocenters. The zero-order valence-electron chi connectivity index (χ0n) is 13.8. The van der Waals surface area contributed by atoms with Crippen molar-refractivity contribution in [3.8, 4) is 0 Å². The fourth-order valence-corrected chi connectivity index (χ4v) is 3.84. The molecule has 0 spiro atoms. The van der Waals surface area contributed by atoms with E-state index in [1.165, 1.54) is 5.56 Å². The molecule has 2 atom stereocenters. The fourth-order valence-electron chi connectivity index (χ4n) is 3.84. The second-order valence-electron chi connectivity index (χ2n) is 6.91. The summed E-state index contributed by atoms with van der Waals surface area (Å²) < 4.78 is 11.8. The molecule has 2 aromatic rings. The summed E-state index contributed by atoms with van der Waals surface area (Å²) in [6.45, 7) is 6.02. The second-order valence-corrected chi connectivity index (χ2v) is 6.91. The summed E-state index contributed by atoms with van der Waals surface area (Å²) in [5.41, 5.74) is 2.42. The number of nitrogens with zero attached hydrogens (tertiary/aromatic N) is 3. The summed E-state index contributed by atoms with van der Waals surface area (Å²) in [4.78, 5) is 11.0. The van der Waals surface area contributed by atoms with E-state index < -0.39 is 0 Å². The summed E-state index contributed by atoms with van der Waals surface area (Å²) in [5, 5.41) is 0. The van der Waals surface area contributed by atoms with Crippen LogP contribution in [0.3, 0.4) is 0 Å². The average Bonchev–Trinajstić information content (AvgIpc) is 3.13. The Morgan fingerprint density at radius 1 is 1.21 bits per heavy atom. The van der Waals surface area contributed by atoms with E-state index in [1.54, 1.807) is 0 Å². The van der Waals surface area contributed by atoms with Gasteiger partial charge in [-0.25, -0.2) is 0 Å². The SMILES string of the molecule is c1ccc(CN2C[C@@H]3COC[C@]3(COCc3ccncc3)C2)nc1. The van der Waals surface area contributed by atoms with Crippen molar-refractivity contribution in [2.75, 3.05) is 32.9 Å². The van der Waals surface area contributed by atoms with Crippen molar-refractivity contribution >= 4 is 0 Å². The van der Waals surface area contributed by atoms with Crippen LogP contribution in [-0.2, 0) is 22.6 Å². The third-order valence-corrected chi connectivity index (χ3v) is 5.11. The van der Waals surface area contributed by atoms with Gasteiger partial charge in [-0.15, -0.1) is 0 Å². The van der Waals surface area contributed by atoms with Gasteiger partial charge < -0.3 is 9.47 Å². The van der Waals surface area contributed by atoms with E-state index in [0.29, 0.717) is 12.5 Å². The largest absolute Gasteiger partial charge is 0.380 e. The molecule has 0 radical (unpaired) electrons. The van der Waals surface area contributed by atoms with Crippen LogP contribution < -0.4 is 0 Å². The molecule has 0 bridgehead atoms. The van der Waals surface area contributed by atoms with Gasteiger partial charge in [0.2, 0.25) is 0 Å². The Labute approximate surface area is 142 Å². The summed E-state index contributed by atoms with van der Waals surface area (Å²) in [5.74, 6) is 0.554. The van der Waals surface area contributed by atoms with E-state index in [4.69, 9.17) is 9.47 Å². The van der Waals surface area contributed by atoms with Crippen LogP contribution in [0.1, 0.15) is 11.3 Å². The molecular formula is C19H23N3O2. The first-order valence-electron chi connectivity index (χ1n) is 8.51. The van der Waals surface area contributed by atoms with Crippen LogP contribution in [0.5, 0.6) is 0 Å². The molecule has 0 aliphatic carbocycles. The smallest absolute Gasteiger partial charge is 0.0718 e. The Morgan fingerprint density at radius 3 is 2.96 bits per heavy atom. The Morgan fingerprint density at radius 2 is 2.12 bits per heavy atom. The molecule has 2 fully saturated rings. The van der Waals surface area contributed by atoms with Crippen molar-refractivity contribution in [3.63, 3.8) is 0 Å². The third-order valence-electron chi connectivity index (χ3n) is 5.11. The maximum atomic E-state index is 6.06. The van der Waals surface area contributed by atoms with Crippen LogP contribution in [0.2, 0.25) is 0 Å². The quantitative estimate of drug-likeness (QED) is 0.814. The van der Waals surface area contributed by atoms with Crippen molar-refractivity contribution in [3.05, 3.63) is 60.2 Å². The van der Waals surface area contributed by atoms with E-state index in [1.807, 2.05) is 36.8 Å². The van der Waals surface area contributed by atoms with Gasteiger partial charge in [0, 0.05) is 49.6 Å². The predicted octanol–water partition coefficient (Wildman–Crippen LogP) is 2.14. The number of fused-ring (bicyclic) bond motifs is 1. The maximum absolute atomic E-state index is 6.06. The van der Waals surface area contributed by atoms with Gasteiger partial charge in [0.15, 0.2) is 0 Å². The predicted molar refractivity (Wildman–Crippen MR) is 90.1 cm³/mol. The van der Waals surface area contributed by atoms with E-state index in [-0.39, 0.29) is 5.41 Å². The number of hydrogen-bond acceptors (Lipinski definition) is 5. The van der Waals surface area contributed by atoms with Gasteiger partial charge in [0.05, 0.1) is 32.1 Å². The zero-order valence-corrected chi connectivity index (χ0v) is 13.8. The van der Waals surface area contributed by atoms with Crippen LogP contribution in [0.4, 0.5) is 0 Å². The minimum absolute atomic E-state index is 0.127. The average molecular weight is 325 g/mol. The molecule has 0 aromatic carbocycles. The van der Waals surface area contributed by atoms with Crippen LogP contribution in [0.15, 0.2) is 48.9 Å². The Bertz CT molecular complexity index is 652. The highest BCUT2D eigenvalue weighted by Crippen LogP contribution is 2.42. The Balaban J connectivity index is 1.36. The summed E-state index contributed by atoms with van der Waals surface area (Å²) in [6.07, 6.45) is 5.48. The molecule has 5 heteroatoms. The second kappa shape index (κ2) is 6.97. The van der Waals surface area contributed by atoms with E-state index >= 15 is 0 Å². The Hall–Kier alpha value is -1.82. The molecule has 0 N–H and O–H groups in total. The first kappa shape index (κ1) is 15.7. The topological polar surface area (TPSA) is 47.5 Å². The lowest BCUT2D eigenvalue weighted by Gasteiger charge is -2.27. The Kier molecular flexibility index (Phi) is 4.56. The molecule has 0 amide bonds. The summed E-state index contributed by atoms with van der Waals surface area (Å²) >= 11 is 0. The van der Waals surface area contributed by atoms with Crippen LogP contribution >= 0.6 is 0 Å². The molecule has 2 aliphatic heterocycles. The molecule has 24 heavy (non-hydrogen) atoms. The van der Waals surface area contributed by atoms with Crippen molar-refractivity contribution in [2.45, 2.75) is 13.2 Å². The molecule has 126 valence electrons. The highest BCUT2D eigenvalue weighted by atomic mass is 16.5. The van der Waals surface area contributed by atoms with Crippen LogP contribution in [0, 0.1) is 11.3 Å². The summed E-state index contributed by atoms with van der Waals surface area (Å²) in [6, 6.07) is 10.1. The standard InChI is InChI=1S/C19H23N3O2/c1-2-6-21-18(3-1)10-22-9-17-12-24-15-19(17,13-22)14-23-11-16-4-7-20-8-5-16/h1-8,17H,9-15H2/t17-,19-/m1/s1. The zero-order chi connectivity index (χ0) is 16.2. The van der Waals surface area contributed by atoms with Crippen molar-refractivity contribution < 1.29 is 9.47 Å². The van der Waals surface area contributed by atoms with Crippen LogP contribution in [-0.4, -0.2) is 47.8 Å². The van der Waals surface area contributed by atoms with Crippen molar-refractivity contribution in [1.82, 2.24) is 14.9 Å². The van der Waals surface area contributed by atoms with Gasteiger partial charge in [-0.2, -0.15) is 0 Å². The minimum atomic E-state index is 0.127. The van der Waals surface area contributed by atoms with Crippen molar-refractivity contribution in [2.24, 2.45) is 11.3 Å². The summed E-state index contributed by atoms with van der Waals surface area (Å²) in [7, 11) is 0. The van der Waals surface area contributed by atoms with Gasteiger partial charge in [-0.3, -0.25) is 14.9 Å². The van der Waals surface area contributed by atoms with Crippen LogP contribution in [0.25, 0.3) is 0 Å². The van der Waals surface area contributed by atoms with Gasteiger partial charge in [-0.1, -0.05) is 6.07 Å². The van der Waals surface area contributed by atoms with Gasteiger partial charge >= 0.3 is 0 Å². The van der Waals surface area contributed by atoms with E-state index in [0.717, 1.165) is 45.1 Å². The van der Waals surface area contributed by atoms with E-state index in [9.17, 15) is 0 Å². The number of aromatic nitrogens is 2. The molecule has 5 nitrogen and oxygen atoms in total. The van der Waals surface area contributed by atoms with Gasteiger partial charge in [-0.05, 0) is 29.8 Å². The normalized spacial score (nSPS) is 26.6. The van der Waals surface area contributed by atoms with Gasteiger partial charge in [0.1, 0.15) is 0 Å². The molecule has 2 saturated heterocycles. The van der Waals surface area contributed by atoms with Crippen molar-refractivity contribution in [1.29, 1.82) is 0 Å².